The van der Waals surface area contributed by atoms with Crippen molar-refractivity contribution in [2.24, 2.45) is 0 Å². The molecule has 32 heavy (non-hydrogen) atoms. The predicted octanol–water partition coefficient (Wildman–Crippen LogP) is 6.31. The van der Waals surface area contributed by atoms with Gasteiger partial charge in [-0.1, -0.05) is 57.5 Å². The van der Waals surface area contributed by atoms with Crippen LogP contribution >= 0.6 is 15.9 Å². The molecule has 0 spiro atoms. The fraction of sp³-hybridized carbons (Fsp3) is 0.261. The van der Waals surface area contributed by atoms with E-state index in [9.17, 15) is 13.2 Å². The van der Waals surface area contributed by atoms with Crippen LogP contribution in [-0.2, 0) is 12.0 Å². The van der Waals surface area contributed by atoms with Gasteiger partial charge < -0.3 is 4.52 Å². The van der Waals surface area contributed by atoms with Crippen molar-refractivity contribution >= 4 is 15.9 Å². The SMILES string of the molecule is Cc1cc(-c2nc(-c3ccc(C4(C(F)(F)F)CC4)cc3)no2)nn1Cc1cccc(Br)c1. The molecule has 9 heteroatoms. The highest BCUT2D eigenvalue weighted by Gasteiger charge is 2.64. The Morgan fingerprint density at radius 2 is 1.84 bits per heavy atom. The Bertz CT molecular complexity index is 1270. The third-order valence-corrected chi connectivity index (χ3v) is 6.33. The van der Waals surface area contributed by atoms with Crippen LogP contribution in [0.5, 0.6) is 0 Å². The third kappa shape index (κ3) is 3.74. The molecule has 0 unspecified atom stereocenters. The van der Waals surface area contributed by atoms with E-state index < -0.39 is 11.6 Å². The highest BCUT2D eigenvalue weighted by molar-refractivity contribution is 9.10. The summed E-state index contributed by atoms with van der Waals surface area (Å²) < 4.78 is 48.2. The van der Waals surface area contributed by atoms with Crippen LogP contribution in [0.2, 0.25) is 0 Å². The molecule has 0 aliphatic heterocycles. The van der Waals surface area contributed by atoms with E-state index in [4.69, 9.17) is 4.52 Å². The van der Waals surface area contributed by atoms with Crippen molar-refractivity contribution in [3.8, 4) is 23.0 Å². The molecule has 1 aliphatic carbocycles. The predicted molar refractivity (Wildman–Crippen MR) is 116 cm³/mol. The average Bonchev–Trinajstić information content (AvgIpc) is 3.31. The van der Waals surface area contributed by atoms with Gasteiger partial charge in [-0.2, -0.15) is 23.3 Å². The second-order valence-electron chi connectivity index (χ2n) is 8.04. The van der Waals surface area contributed by atoms with Crippen LogP contribution in [-0.4, -0.2) is 26.1 Å². The average molecular weight is 503 g/mol. The number of hydrogen-bond donors (Lipinski definition) is 0. The topological polar surface area (TPSA) is 56.7 Å². The van der Waals surface area contributed by atoms with Gasteiger partial charge >= 0.3 is 6.18 Å². The Kier molecular flexibility index (Phi) is 4.96. The molecule has 2 aromatic carbocycles. The van der Waals surface area contributed by atoms with E-state index in [1.165, 1.54) is 12.1 Å². The molecule has 2 heterocycles. The lowest BCUT2D eigenvalue weighted by molar-refractivity contribution is -0.160. The van der Waals surface area contributed by atoms with Gasteiger partial charge in [0.1, 0.15) is 0 Å². The molecule has 0 bridgehead atoms. The van der Waals surface area contributed by atoms with E-state index in [-0.39, 0.29) is 24.3 Å². The minimum absolute atomic E-state index is 0.129. The number of alkyl halides is 3. The summed E-state index contributed by atoms with van der Waals surface area (Å²) in [5.41, 5.74) is 1.74. The maximum absolute atomic E-state index is 13.3. The van der Waals surface area contributed by atoms with Gasteiger partial charge in [-0.25, -0.2) is 0 Å². The van der Waals surface area contributed by atoms with Crippen molar-refractivity contribution < 1.29 is 17.7 Å². The molecular formula is C23H18BrF3N4O. The van der Waals surface area contributed by atoms with Crippen molar-refractivity contribution in [3.63, 3.8) is 0 Å². The highest BCUT2D eigenvalue weighted by Crippen LogP contribution is 2.58. The quantitative estimate of drug-likeness (QED) is 0.320. The molecule has 1 fully saturated rings. The molecule has 4 aromatic rings. The Labute approximate surface area is 190 Å². The van der Waals surface area contributed by atoms with E-state index in [0.29, 0.717) is 23.6 Å². The number of nitrogens with zero attached hydrogens (tertiary/aromatic N) is 4. The molecule has 1 aliphatic rings. The van der Waals surface area contributed by atoms with Gasteiger partial charge in [0, 0.05) is 15.7 Å². The van der Waals surface area contributed by atoms with Crippen LogP contribution in [0.4, 0.5) is 13.2 Å². The monoisotopic (exact) mass is 502 g/mol. The zero-order valence-corrected chi connectivity index (χ0v) is 18.6. The molecule has 2 aromatic heterocycles. The first kappa shape index (κ1) is 20.9. The van der Waals surface area contributed by atoms with E-state index in [0.717, 1.165) is 15.7 Å². The summed E-state index contributed by atoms with van der Waals surface area (Å²) in [5.74, 6) is 0.566. The van der Waals surface area contributed by atoms with Gasteiger partial charge in [0.15, 0.2) is 5.69 Å². The number of halogens is 4. The smallest absolute Gasteiger partial charge is 0.332 e. The molecule has 0 radical (unpaired) electrons. The molecule has 0 amide bonds. The molecular weight excluding hydrogens is 485 g/mol. The first-order valence-electron chi connectivity index (χ1n) is 10.1. The summed E-state index contributed by atoms with van der Waals surface area (Å²) in [5, 5.41) is 8.56. The van der Waals surface area contributed by atoms with Gasteiger partial charge in [-0.3, -0.25) is 4.68 Å². The summed E-state index contributed by atoms with van der Waals surface area (Å²) in [6.45, 7) is 2.54. The second-order valence-corrected chi connectivity index (χ2v) is 8.95. The lowest BCUT2D eigenvalue weighted by atomic mass is 9.94. The maximum Gasteiger partial charge on any atom is 0.398 e. The standard InChI is InChI=1S/C23H18BrF3N4O/c1-14-11-19(29-31(14)13-15-3-2-4-18(24)12-15)21-28-20(30-32-21)16-5-7-17(8-6-16)22(9-10-22)23(25,26)27/h2-8,11-12H,9-10,13H2,1H3. The Balaban J connectivity index is 1.36. The lowest BCUT2D eigenvalue weighted by Crippen LogP contribution is -2.28. The summed E-state index contributed by atoms with van der Waals surface area (Å²) in [6, 6.07) is 16.0. The van der Waals surface area contributed by atoms with Gasteiger partial charge in [0.2, 0.25) is 5.82 Å². The number of aromatic nitrogens is 4. The molecule has 5 rings (SSSR count). The summed E-state index contributed by atoms with van der Waals surface area (Å²) in [4.78, 5) is 4.40. The maximum atomic E-state index is 13.3. The zero-order valence-electron chi connectivity index (χ0n) is 17.0. The van der Waals surface area contributed by atoms with E-state index >= 15 is 0 Å². The van der Waals surface area contributed by atoms with Crippen LogP contribution in [0.25, 0.3) is 23.0 Å². The van der Waals surface area contributed by atoms with Gasteiger partial charge in [-0.15, -0.1) is 0 Å². The summed E-state index contributed by atoms with van der Waals surface area (Å²) in [7, 11) is 0. The first-order valence-corrected chi connectivity index (χ1v) is 10.9. The zero-order chi connectivity index (χ0) is 22.5. The second kappa shape index (κ2) is 7.58. The van der Waals surface area contributed by atoms with Crippen LogP contribution < -0.4 is 0 Å². The number of benzene rings is 2. The van der Waals surface area contributed by atoms with Crippen molar-refractivity contribution in [1.29, 1.82) is 0 Å². The normalized spacial score (nSPS) is 15.2. The molecule has 0 atom stereocenters. The van der Waals surface area contributed by atoms with Gasteiger partial charge in [0.25, 0.3) is 5.89 Å². The molecule has 0 saturated heterocycles. The van der Waals surface area contributed by atoms with Gasteiger partial charge in [-0.05, 0) is 49.1 Å². The largest absolute Gasteiger partial charge is 0.398 e. The fourth-order valence-corrected chi connectivity index (χ4v) is 4.27. The molecule has 1 saturated carbocycles. The van der Waals surface area contributed by atoms with Crippen molar-refractivity contribution in [2.45, 2.75) is 37.9 Å². The van der Waals surface area contributed by atoms with Crippen molar-refractivity contribution in [1.82, 2.24) is 19.9 Å². The summed E-state index contributed by atoms with van der Waals surface area (Å²) in [6.07, 6.45) is -3.98. The van der Waals surface area contributed by atoms with Crippen LogP contribution in [0, 0.1) is 6.92 Å². The Morgan fingerprint density at radius 1 is 1.09 bits per heavy atom. The van der Waals surface area contributed by atoms with Crippen molar-refractivity contribution in [2.75, 3.05) is 0 Å². The molecule has 5 nitrogen and oxygen atoms in total. The minimum atomic E-state index is -4.24. The minimum Gasteiger partial charge on any atom is -0.332 e. The summed E-state index contributed by atoms with van der Waals surface area (Å²) >= 11 is 3.47. The number of aryl methyl sites for hydroxylation is 1. The van der Waals surface area contributed by atoms with Crippen LogP contribution in [0.15, 0.2) is 63.6 Å². The highest BCUT2D eigenvalue weighted by atomic mass is 79.9. The third-order valence-electron chi connectivity index (χ3n) is 5.84. The molecule has 0 N–H and O–H groups in total. The first-order chi connectivity index (χ1) is 15.2. The molecule has 164 valence electrons. The van der Waals surface area contributed by atoms with E-state index in [1.807, 2.05) is 41.9 Å². The number of hydrogen-bond acceptors (Lipinski definition) is 4. The van der Waals surface area contributed by atoms with E-state index in [2.05, 4.69) is 31.2 Å². The van der Waals surface area contributed by atoms with Crippen LogP contribution in [0.3, 0.4) is 0 Å². The van der Waals surface area contributed by atoms with Crippen LogP contribution in [0.1, 0.15) is 29.7 Å². The lowest BCUT2D eigenvalue weighted by Gasteiger charge is -2.19. The van der Waals surface area contributed by atoms with Gasteiger partial charge in [0.05, 0.1) is 12.0 Å². The fourth-order valence-electron chi connectivity index (χ4n) is 3.83. The number of rotatable bonds is 5. The Morgan fingerprint density at radius 3 is 2.50 bits per heavy atom. The van der Waals surface area contributed by atoms with Crippen molar-refractivity contribution in [3.05, 3.63) is 75.9 Å². The Hall–Kier alpha value is -2.94. The van der Waals surface area contributed by atoms with E-state index in [1.54, 1.807) is 12.1 Å².